The fourth-order valence-electron chi connectivity index (χ4n) is 1.82. The average Bonchev–Trinajstić information content (AvgIpc) is 2.72. The maximum absolute atomic E-state index is 6.22. The molecule has 0 unspecified atom stereocenters. The number of aromatic amines is 1. The molecule has 2 N–H and O–H groups in total. The Morgan fingerprint density at radius 3 is 2.94 bits per heavy atom. The summed E-state index contributed by atoms with van der Waals surface area (Å²) in [6.07, 6.45) is 4.79. The summed E-state index contributed by atoms with van der Waals surface area (Å²) in [6.45, 7) is 0.797. The monoisotopic (exact) mass is 318 g/mol. The molecule has 1 aromatic carbocycles. The summed E-state index contributed by atoms with van der Waals surface area (Å²) in [5.41, 5.74) is 2.14. The maximum atomic E-state index is 6.22. The van der Waals surface area contributed by atoms with E-state index in [2.05, 4.69) is 10.3 Å². The number of halogens is 2. The molecule has 2 nitrogen and oxygen atoms in total. The Balaban J connectivity index is 2.17. The molecule has 0 fully saturated rings. The zero-order chi connectivity index (χ0) is 13.1. The standard InChI is InChI=1S/C12H12Cl2N2S2/c1-18-12(17)15-3-2-7-6-16-10-5-8(13)4-9(14)11(7)10/h4-6,16H,2-3H2,1H3,(H,15,17). The number of rotatable bonds is 3. The van der Waals surface area contributed by atoms with E-state index in [1.807, 2.05) is 18.5 Å². The molecule has 2 aromatic rings. The number of aromatic nitrogens is 1. The van der Waals surface area contributed by atoms with Crippen molar-refractivity contribution in [1.29, 1.82) is 0 Å². The third-order valence-electron chi connectivity index (χ3n) is 2.63. The van der Waals surface area contributed by atoms with Gasteiger partial charge in [0.2, 0.25) is 0 Å². The van der Waals surface area contributed by atoms with Gasteiger partial charge < -0.3 is 10.3 Å². The highest BCUT2D eigenvalue weighted by Gasteiger charge is 2.08. The Morgan fingerprint density at radius 1 is 1.44 bits per heavy atom. The van der Waals surface area contributed by atoms with Crippen LogP contribution in [0, 0.1) is 0 Å². The van der Waals surface area contributed by atoms with Gasteiger partial charge in [-0.05, 0) is 30.4 Å². The van der Waals surface area contributed by atoms with Gasteiger partial charge in [-0.1, -0.05) is 35.4 Å². The molecular weight excluding hydrogens is 307 g/mol. The summed E-state index contributed by atoms with van der Waals surface area (Å²) in [7, 11) is 0. The summed E-state index contributed by atoms with van der Waals surface area (Å²) >= 11 is 18.8. The number of thiocarbonyl (C=S) groups is 1. The number of thioether (sulfide) groups is 1. The molecule has 0 spiro atoms. The number of fused-ring (bicyclic) bond motifs is 1. The van der Waals surface area contributed by atoms with E-state index in [9.17, 15) is 0 Å². The van der Waals surface area contributed by atoms with Gasteiger partial charge in [0.05, 0.1) is 5.02 Å². The zero-order valence-corrected chi connectivity index (χ0v) is 12.9. The van der Waals surface area contributed by atoms with E-state index in [-0.39, 0.29) is 0 Å². The van der Waals surface area contributed by atoms with Gasteiger partial charge in [-0.3, -0.25) is 0 Å². The Hall–Kier alpha value is -0.420. The lowest BCUT2D eigenvalue weighted by Gasteiger charge is -2.05. The minimum atomic E-state index is 0.641. The second kappa shape index (κ2) is 6.15. The fourth-order valence-corrected chi connectivity index (χ4v) is 2.78. The van der Waals surface area contributed by atoms with Crippen LogP contribution in [0.15, 0.2) is 18.3 Å². The quantitative estimate of drug-likeness (QED) is 0.828. The van der Waals surface area contributed by atoms with Crippen LogP contribution < -0.4 is 5.32 Å². The Bertz CT molecular complexity index is 581. The summed E-state index contributed by atoms with van der Waals surface area (Å²) in [6, 6.07) is 3.65. The molecule has 96 valence electrons. The molecule has 0 bridgehead atoms. The molecule has 0 saturated carbocycles. The van der Waals surface area contributed by atoms with Crippen LogP contribution >= 0.6 is 47.2 Å². The largest absolute Gasteiger partial charge is 0.371 e. The molecule has 0 aliphatic carbocycles. The van der Waals surface area contributed by atoms with Crippen molar-refractivity contribution in [2.24, 2.45) is 0 Å². The normalized spacial score (nSPS) is 10.8. The van der Waals surface area contributed by atoms with E-state index >= 15 is 0 Å². The maximum Gasteiger partial charge on any atom is 0.133 e. The zero-order valence-electron chi connectivity index (χ0n) is 9.72. The second-order valence-electron chi connectivity index (χ2n) is 3.79. The molecule has 0 saturated heterocycles. The van der Waals surface area contributed by atoms with E-state index in [1.54, 1.807) is 6.07 Å². The summed E-state index contributed by atoms with van der Waals surface area (Å²) in [5.74, 6) is 0. The lowest BCUT2D eigenvalue weighted by Crippen LogP contribution is -2.20. The smallest absolute Gasteiger partial charge is 0.133 e. The van der Waals surface area contributed by atoms with E-state index in [0.717, 1.165) is 28.2 Å². The molecule has 0 aliphatic rings. The van der Waals surface area contributed by atoms with Crippen LogP contribution in [0.4, 0.5) is 0 Å². The molecular formula is C12H12Cl2N2S2. The number of hydrogen-bond acceptors (Lipinski definition) is 2. The highest BCUT2D eigenvalue weighted by molar-refractivity contribution is 8.22. The van der Waals surface area contributed by atoms with Crippen LogP contribution in [-0.2, 0) is 6.42 Å². The molecule has 0 amide bonds. The first-order chi connectivity index (χ1) is 8.61. The number of H-pyrrole nitrogens is 1. The second-order valence-corrected chi connectivity index (χ2v) is 6.12. The van der Waals surface area contributed by atoms with Crippen LogP contribution in [0.3, 0.4) is 0 Å². The van der Waals surface area contributed by atoms with Gasteiger partial charge in [-0.2, -0.15) is 0 Å². The summed E-state index contributed by atoms with van der Waals surface area (Å²) in [5, 5.41) is 5.54. The van der Waals surface area contributed by atoms with Gasteiger partial charge in [0.1, 0.15) is 4.32 Å². The molecule has 1 heterocycles. The first-order valence-corrected chi connectivity index (χ1v) is 7.77. The predicted molar refractivity (Wildman–Crippen MR) is 86.1 cm³/mol. The van der Waals surface area contributed by atoms with Crippen LogP contribution in [0.5, 0.6) is 0 Å². The van der Waals surface area contributed by atoms with E-state index in [4.69, 9.17) is 35.4 Å². The predicted octanol–water partition coefficient (Wildman–Crippen LogP) is 4.25. The average molecular weight is 319 g/mol. The van der Waals surface area contributed by atoms with Gasteiger partial charge in [-0.15, -0.1) is 11.8 Å². The van der Waals surface area contributed by atoms with Gasteiger partial charge in [0.25, 0.3) is 0 Å². The first kappa shape index (κ1) is 14.0. The van der Waals surface area contributed by atoms with Crippen LogP contribution in [0.2, 0.25) is 10.0 Å². The third kappa shape index (κ3) is 3.12. The Morgan fingerprint density at radius 2 is 2.22 bits per heavy atom. The molecule has 18 heavy (non-hydrogen) atoms. The van der Waals surface area contributed by atoms with Crippen molar-refractivity contribution in [3.05, 3.63) is 33.9 Å². The van der Waals surface area contributed by atoms with Crippen molar-refractivity contribution in [3.63, 3.8) is 0 Å². The summed E-state index contributed by atoms with van der Waals surface area (Å²) in [4.78, 5) is 3.19. The van der Waals surface area contributed by atoms with Gasteiger partial charge in [0.15, 0.2) is 0 Å². The highest BCUT2D eigenvalue weighted by Crippen LogP contribution is 2.30. The van der Waals surface area contributed by atoms with Gasteiger partial charge >= 0.3 is 0 Å². The molecule has 0 aliphatic heterocycles. The van der Waals surface area contributed by atoms with Crippen LogP contribution in [-0.4, -0.2) is 22.1 Å². The Kier molecular flexibility index (Phi) is 4.78. The number of benzene rings is 1. The lowest BCUT2D eigenvalue weighted by atomic mass is 10.1. The minimum absolute atomic E-state index is 0.641. The topological polar surface area (TPSA) is 27.8 Å². The van der Waals surface area contributed by atoms with Crippen molar-refractivity contribution in [1.82, 2.24) is 10.3 Å². The van der Waals surface area contributed by atoms with Crippen molar-refractivity contribution < 1.29 is 0 Å². The van der Waals surface area contributed by atoms with Crippen molar-refractivity contribution >= 4 is 62.4 Å². The fraction of sp³-hybridized carbons (Fsp3) is 0.250. The van der Waals surface area contributed by atoms with Crippen LogP contribution in [0.1, 0.15) is 5.56 Å². The van der Waals surface area contributed by atoms with E-state index in [1.165, 1.54) is 17.3 Å². The van der Waals surface area contributed by atoms with Crippen molar-refractivity contribution in [2.75, 3.05) is 12.8 Å². The third-order valence-corrected chi connectivity index (χ3v) is 4.30. The molecule has 0 atom stereocenters. The summed E-state index contributed by atoms with van der Waals surface area (Å²) < 4.78 is 0.809. The molecule has 2 rings (SSSR count). The van der Waals surface area contributed by atoms with Crippen molar-refractivity contribution in [3.8, 4) is 0 Å². The highest BCUT2D eigenvalue weighted by atomic mass is 35.5. The number of nitrogens with one attached hydrogen (secondary N) is 2. The minimum Gasteiger partial charge on any atom is -0.371 e. The lowest BCUT2D eigenvalue weighted by molar-refractivity contribution is 0.887. The molecule has 1 aromatic heterocycles. The van der Waals surface area contributed by atoms with E-state index < -0.39 is 0 Å². The number of hydrogen-bond donors (Lipinski definition) is 2. The van der Waals surface area contributed by atoms with Crippen LogP contribution in [0.25, 0.3) is 10.9 Å². The van der Waals surface area contributed by atoms with Gasteiger partial charge in [-0.25, -0.2) is 0 Å². The molecule has 6 heteroatoms. The first-order valence-electron chi connectivity index (χ1n) is 5.38. The Labute approximate surface area is 125 Å². The van der Waals surface area contributed by atoms with E-state index in [0.29, 0.717) is 10.0 Å². The molecule has 0 radical (unpaired) electrons. The van der Waals surface area contributed by atoms with Gasteiger partial charge in [0, 0.05) is 28.7 Å². The van der Waals surface area contributed by atoms with Crippen molar-refractivity contribution in [2.45, 2.75) is 6.42 Å². The SMILES string of the molecule is CSC(=S)NCCc1c[nH]c2cc(Cl)cc(Cl)c12.